The largest absolute Gasteiger partial charge is 0.462 e. The van der Waals surface area contributed by atoms with Gasteiger partial charge in [0.2, 0.25) is 0 Å². The molecule has 1 atom stereocenters. The lowest BCUT2D eigenvalue weighted by Gasteiger charge is -2.12. The molecule has 0 saturated carbocycles. The Bertz CT molecular complexity index is 654. The van der Waals surface area contributed by atoms with Gasteiger partial charge in [-0.25, -0.2) is 4.79 Å². The predicted molar refractivity (Wildman–Crippen MR) is 130 cm³/mol. The highest BCUT2D eigenvalue weighted by atomic mass is 16.5. The molecule has 1 aromatic rings. The van der Waals surface area contributed by atoms with Gasteiger partial charge in [-0.3, -0.25) is 0 Å². The van der Waals surface area contributed by atoms with Crippen LogP contribution in [0.15, 0.2) is 73.4 Å². The normalized spacial score (nSPS) is 12.3. The van der Waals surface area contributed by atoms with Gasteiger partial charge in [0.05, 0.1) is 6.61 Å². The number of ether oxygens (including phenoxy) is 1. The minimum Gasteiger partial charge on any atom is -0.462 e. The van der Waals surface area contributed by atoms with Crippen LogP contribution in [0, 0.1) is 5.92 Å². The van der Waals surface area contributed by atoms with E-state index in [0.717, 1.165) is 18.4 Å². The van der Waals surface area contributed by atoms with Gasteiger partial charge in [-0.15, -0.1) is 0 Å². The van der Waals surface area contributed by atoms with Gasteiger partial charge in [0.25, 0.3) is 0 Å². The molecular weight excluding hydrogens is 368 g/mol. The summed E-state index contributed by atoms with van der Waals surface area (Å²) in [5.74, 6) is -0.522. The van der Waals surface area contributed by atoms with Crippen LogP contribution in [0.5, 0.6) is 0 Å². The minimum absolute atomic E-state index is 0.205. The average molecular weight is 409 g/mol. The Labute approximate surface area is 184 Å². The van der Waals surface area contributed by atoms with Gasteiger partial charge in [-0.2, -0.15) is 0 Å². The third-order valence-corrected chi connectivity index (χ3v) is 5.15. The highest BCUT2D eigenvalue weighted by Gasteiger charge is 2.15. The molecule has 0 saturated heterocycles. The molecule has 0 amide bonds. The van der Waals surface area contributed by atoms with E-state index in [4.69, 9.17) is 4.74 Å². The molecule has 1 aromatic carbocycles. The lowest BCUT2D eigenvalue weighted by molar-refractivity contribution is -0.139. The number of hydrogen-bond acceptors (Lipinski definition) is 2. The fourth-order valence-corrected chi connectivity index (χ4v) is 3.26. The molecule has 0 aliphatic rings. The first-order valence-electron chi connectivity index (χ1n) is 11.6. The molecule has 1 rings (SSSR count). The van der Waals surface area contributed by atoms with Crippen molar-refractivity contribution in [2.24, 2.45) is 5.92 Å². The maximum absolute atomic E-state index is 12.4. The molecule has 30 heavy (non-hydrogen) atoms. The molecule has 0 fully saturated rings. The van der Waals surface area contributed by atoms with Gasteiger partial charge in [0.1, 0.15) is 0 Å². The zero-order chi connectivity index (χ0) is 21.9. The number of unbranched alkanes of at least 4 members (excludes halogenated alkanes) is 9. The van der Waals surface area contributed by atoms with Crippen molar-refractivity contribution in [3.05, 3.63) is 78.9 Å². The zero-order valence-electron chi connectivity index (χ0n) is 18.9. The molecule has 1 unspecified atom stereocenters. The van der Waals surface area contributed by atoms with Crippen molar-refractivity contribution >= 4 is 12.0 Å². The number of carbonyl (C=O) groups is 1. The zero-order valence-corrected chi connectivity index (χ0v) is 18.9. The molecule has 0 aromatic heterocycles. The van der Waals surface area contributed by atoms with E-state index in [1.807, 2.05) is 54.6 Å². The van der Waals surface area contributed by atoms with E-state index in [9.17, 15) is 4.79 Å². The van der Waals surface area contributed by atoms with Crippen LogP contribution in [0.3, 0.4) is 0 Å². The van der Waals surface area contributed by atoms with Crippen LogP contribution >= 0.6 is 0 Å². The molecule has 0 aliphatic carbocycles. The van der Waals surface area contributed by atoms with E-state index < -0.39 is 0 Å². The standard InChI is InChI=1S/C28H40O2/c1-4-6-8-9-10-11-12-13-14-18-24-30-28(29)25(3)27(21-7-5-2)23-22-26-19-16-15-17-20-26/h5,7,15-17,19-23,27H,2-4,6,8-14,18,24H2,1H3. The Balaban J connectivity index is 2.29. The molecule has 0 aliphatic heterocycles. The molecule has 2 nitrogen and oxygen atoms in total. The summed E-state index contributed by atoms with van der Waals surface area (Å²) in [7, 11) is 0. The van der Waals surface area contributed by atoms with Crippen LogP contribution in [-0.2, 0) is 9.53 Å². The minimum atomic E-state index is -0.317. The van der Waals surface area contributed by atoms with Crippen LogP contribution in [0.25, 0.3) is 6.08 Å². The summed E-state index contributed by atoms with van der Waals surface area (Å²) in [5, 5.41) is 0. The van der Waals surface area contributed by atoms with Crippen LogP contribution in [-0.4, -0.2) is 12.6 Å². The SMILES string of the molecule is C=CC=CC(C=Cc1ccccc1)C(=C)C(=O)OCCCCCCCCCCCC. The second-order valence-corrected chi connectivity index (χ2v) is 7.76. The molecular formula is C28H40O2. The van der Waals surface area contributed by atoms with Gasteiger partial charge in [0.15, 0.2) is 0 Å². The maximum atomic E-state index is 12.4. The van der Waals surface area contributed by atoms with Crippen LogP contribution in [0.4, 0.5) is 0 Å². The van der Waals surface area contributed by atoms with E-state index in [-0.39, 0.29) is 11.9 Å². The molecule has 0 bridgehead atoms. The predicted octanol–water partition coefficient (Wildman–Crippen LogP) is 8.08. The lowest BCUT2D eigenvalue weighted by atomic mass is 9.98. The first-order valence-corrected chi connectivity index (χ1v) is 11.6. The summed E-state index contributed by atoms with van der Waals surface area (Å²) in [6.07, 6.45) is 22.0. The van der Waals surface area contributed by atoms with Crippen molar-refractivity contribution in [2.45, 2.75) is 71.1 Å². The Morgan fingerprint density at radius 3 is 2.13 bits per heavy atom. The molecule has 164 valence electrons. The second kappa shape index (κ2) is 17.5. The number of allylic oxidation sites excluding steroid dienone is 4. The highest BCUT2D eigenvalue weighted by Crippen LogP contribution is 2.17. The Hall–Kier alpha value is -2.35. The van der Waals surface area contributed by atoms with Crippen LogP contribution in [0.1, 0.15) is 76.7 Å². The molecule has 0 heterocycles. The maximum Gasteiger partial charge on any atom is 0.334 e. The number of hydrogen-bond donors (Lipinski definition) is 0. The van der Waals surface area contributed by atoms with Crippen molar-refractivity contribution in [3.8, 4) is 0 Å². The van der Waals surface area contributed by atoms with Crippen molar-refractivity contribution in [1.82, 2.24) is 0 Å². The van der Waals surface area contributed by atoms with E-state index in [1.54, 1.807) is 6.08 Å². The number of esters is 1. The number of rotatable bonds is 17. The molecule has 2 heteroatoms. The summed E-state index contributed by atoms with van der Waals surface area (Å²) in [6.45, 7) is 10.4. The average Bonchev–Trinajstić information content (AvgIpc) is 2.77. The summed E-state index contributed by atoms with van der Waals surface area (Å²) in [4.78, 5) is 12.4. The Kier molecular flexibility index (Phi) is 15.0. The van der Waals surface area contributed by atoms with E-state index in [0.29, 0.717) is 12.2 Å². The first kappa shape index (κ1) is 25.7. The monoisotopic (exact) mass is 408 g/mol. The van der Waals surface area contributed by atoms with E-state index in [1.165, 1.54) is 51.4 Å². The fraction of sp³-hybridized carbons (Fsp3) is 0.464. The summed E-state index contributed by atoms with van der Waals surface area (Å²) >= 11 is 0. The van der Waals surface area contributed by atoms with Gasteiger partial charge in [-0.05, 0) is 12.0 Å². The van der Waals surface area contributed by atoms with Crippen molar-refractivity contribution in [3.63, 3.8) is 0 Å². The summed E-state index contributed by atoms with van der Waals surface area (Å²) in [5.41, 5.74) is 1.54. The van der Waals surface area contributed by atoms with Gasteiger partial charge in [-0.1, -0.05) is 139 Å². The molecule has 0 radical (unpaired) electrons. The summed E-state index contributed by atoms with van der Waals surface area (Å²) < 4.78 is 5.46. The van der Waals surface area contributed by atoms with Crippen molar-refractivity contribution in [2.75, 3.05) is 6.61 Å². The van der Waals surface area contributed by atoms with Gasteiger partial charge < -0.3 is 4.74 Å². The third kappa shape index (κ3) is 12.3. The lowest BCUT2D eigenvalue weighted by Crippen LogP contribution is -2.13. The van der Waals surface area contributed by atoms with E-state index >= 15 is 0 Å². The third-order valence-electron chi connectivity index (χ3n) is 5.15. The fourth-order valence-electron chi connectivity index (χ4n) is 3.26. The van der Waals surface area contributed by atoms with Gasteiger partial charge >= 0.3 is 5.97 Å². The van der Waals surface area contributed by atoms with Crippen LogP contribution < -0.4 is 0 Å². The van der Waals surface area contributed by atoms with Crippen molar-refractivity contribution < 1.29 is 9.53 Å². The quantitative estimate of drug-likeness (QED) is 0.113. The molecule has 0 N–H and O–H groups in total. The Morgan fingerprint density at radius 2 is 1.53 bits per heavy atom. The van der Waals surface area contributed by atoms with Gasteiger partial charge in [0, 0.05) is 11.5 Å². The smallest absolute Gasteiger partial charge is 0.334 e. The number of benzene rings is 1. The topological polar surface area (TPSA) is 26.3 Å². The van der Waals surface area contributed by atoms with Crippen LogP contribution in [0.2, 0.25) is 0 Å². The number of carbonyl (C=O) groups excluding carboxylic acids is 1. The highest BCUT2D eigenvalue weighted by molar-refractivity contribution is 5.89. The second-order valence-electron chi connectivity index (χ2n) is 7.76. The first-order chi connectivity index (χ1) is 14.7. The summed E-state index contributed by atoms with van der Waals surface area (Å²) in [6, 6.07) is 10.0. The van der Waals surface area contributed by atoms with E-state index in [2.05, 4.69) is 20.1 Å². The van der Waals surface area contributed by atoms with Crippen molar-refractivity contribution in [1.29, 1.82) is 0 Å². The Morgan fingerprint density at radius 1 is 0.933 bits per heavy atom. The molecule has 0 spiro atoms.